The van der Waals surface area contributed by atoms with E-state index >= 15 is 0 Å². The Labute approximate surface area is 165 Å². The molecule has 0 aromatic carbocycles. The summed E-state index contributed by atoms with van der Waals surface area (Å²) < 4.78 is 32.2. The van der Waals surface area contributed by atoms with Gasteiger partial charge in [0.25, 0.3) is 0 Å². The van der Waals surface area contributed by atoms with Gasteiger partial charge in [0.2, 0.25) is 0 Å². The van der Waals surface area contributed by atoms with Crippen molar-refractivity contribution in [2.24, 2.45) is 0 Å². The van der Waals surface area contributed by atoms with Crippen LogP contribution in [0.3, 0.4) is 0 Å². The molecule has 1 N–H and O–H groups in total. The van der Waals surface area contributed by atoms with Gasteiger partial charge in [-0.15, -0.1) is 0 Å². The zero-order valence-electron chi connectivity index (χ0n) is 15.4. The Morgan fingerprint density at radius 3 is 1.70 bits per heavy atom. The van der Waals surface area contributed by atoms with Gasteiger partial charge in [-0.1, -0.05) is 71.1 Å². The van der Waals surface area contributed by atoms with Gasteiger partial charge >= 0.3 is 29.6 Å². The Balaban J connectivity index is 0. The normalized spacial score (nSPS) is 14.3. The molecule has 0 aromatic heterocycles. The van der Waals surface area contributed by atoms with Gasteiger partial charge in [-0.25, -0.2) is 8.42 Å². The molecular weight excluding hydrogens is 323 g/mol. The second kappa shape index (κ2) is 16.3. The predicted molar refractivity (Wildman–Crippen MR) is 90.9 cm³/mol. The van der Waals surface area contributed by atoms with Gasteiger partial charge in [0.15, 0.2) is 0 Å². The summed E-state index contributed by atoms with van der Waals surface area (Å²) in [4.78, 5) is 0. The van der Waals surface area contributed by atoms with Crippen LogP contribution in [0.5, 0.6) is 0 Å². The molecule has 134 valence electrons. The zero-order chi connectivity index (χ0) is 16.8. The topological polar surface area (TPSA) is 77.4 Å². The van der Waals surface area contributed by atoms with Gasteiger partial charge in [0, 0.05) is 5.25 Å². The molecule has 0 aromatic rings. The fraction of sp³-hybridized carbons (Fsp3) is 1.00. The van der Waals surface area contributed by atoms with Crippen LogP contribution < -0.4 is 29.6 Å². The zero-order valence-corrected chi connectivity index (χ0v) is 18.2. The van der Waals surface area contributed by atoms with Gasteiger partial charge in [-0.05, 0) is 26.2 Å². The number of hydrogen-bond acceptors (Lipinski definition) is 4. The molecule has 0 radical (unpaired) electrons. The van der Waals surface area contributed by atoms with Gasteiger partial charge in [-0.3, -0.25) is 0 Å². The number of aliphatic hydroxyl groups excluding tert-OH is 1. The van der Waals surface area contributed by atoms with Crippen molar-refractivity contribution < 1.29 is 47.6 Å². The standard InChI is InChI=1S/C17H36O4S.Na/c1-3-4-5-6-7-8-11-14-17(18)15-12-9-10-13-16(2)22(19,20)21;/h16-18H,3-15H2,1-2H3,(H,19,20,21);/q;+1/p-1. The van der Waals surface area contributed by atoms with Gasteiger partial charge < -0.3 is 9.66 Å². The summed E-state index contributed by atoms with van der Waals surface area (Å²) in [6.45, 7) is 3.69. The van der Waals surface area contributed by atoms with Crippen molar-refractivity contribution in [1.82, 2.24) is 0 Å². The first-order valence-corrected chi connectivity index (χ1v) is 10.5. The van der Waals surface area contributed by atoms with E-state index in [1.807, 2.05) is 0 Å². The largest absolute Gasteiger partial charge is 1.00 e. The molecule has 0 amide bonds. The van der Waals surface area contributed by atoms with Crippen LogP contribution in [-0.4, -0.2) is 29.4 Å². The summed E-state index contributed by atoms with van der Waals surface area (Å²) >= 11 is 0. The van der Waals surface area contributed by atoms with E-state index in [1.54, 1.807) is 0 Å². The predicted octanol–water partition coefficient (Wildman–Crippen LogP) is 1.38. The van der Waals surface area contributed by atoms with Crippen molar-refractivity contribution in [3.63, 3.8) is 0 Å². The minimum atomic E-state index is -4.13. The van der Waals surface area contributed by atoms with Crippen LogP contribution >= 0.6 is 0 Å². The summed E-state index contributed by atoms with van der Waals surface area (Å²) in [7, 11) is -4.13. The maximum atomic E-state index is 10.7. The Morgan fingerprint density at radius 1 is 0.826 bits per heavy atom. The SMILES string of the molecule is CCCCCCCCCC(O)CCCCCC(C)S(=O)(=O)[O-].[Na+]. The average molecular weight is 359 g/mol. The Bertz CT molecular complexity index is 347. The van der Waals surface area contributed by atoms with Crippen LogP contribution in [0.25, 0.3) is 0 Å². The smallest absolute Gasteiger partial charge is 0.748 e. The van der Waals surface area contributed by atoms with E-state index in [9.17, 15) is 18.1 Å². The summed E-state index contributed by atoms with van der Waals surface area (Å²) in [5.41, 5.74) is 0. The first kappa shape index (κ1) is 26.1. The molecule has 0 rings (SSSR count). The third-order valence-corrected chi connectivity index (χ3v) is 5.50. The minimum Gasteiger partial charge on any atom is -0.748 e. The van der Waals surface area contributed by atoms with Crippen LogP contribution in [-0.2, 0) is 10.1 Å². The van der Waals surface area contributed by atoms with Crippen molar-refractivity contribution in [3.8, 4) is 0 Å². The molecule has 0 saturated heterocycles. The molecule has 23 heavy (non-hydrogen) atoms. The second-order valence-corrected chi connectivity index (χ2v) is 8.30. The fourth-order valence-electron chi connectivity index (χ4n) is 2.61. The van der Waals surface area contributed by atoms with Crippen molar-refractivity contribution in [2.75, 3.05) is 0 Å². The van der Waals surface area contributed by atoms with Gasteiger partial charge in [-0.2, -0.15) is 0 Å². The summed E-state index contributed by atoms with van der Waals surface area (Å²) in [6, 6.07) is 0. The molecule has 0 heterocycles. The molecule has 2 unspecified atom stereocenters. The Morgan fingerprint density at radius 2 is 1.22 bits per heavy atom. The van der Waals surface area contributed by atoms with Crippen LogP contribution in [0.4, 0.5) is 0 Å². The average Bonchev–Trinajstić information content (AvgIpc) is 2.44. The summed E-state index contributed by atoms with van der Waals surface area (Å²) in [6.07, 6.45) is 13.2. The van der Waals surface area contributed by atoms with Gasteiger partial charge in [0.1, 0.15) is 0 Å². The maximum Gasteiger partial charge on any atom is 1.00 e. The molecule has 0 bridgehead atoms. The summed E-state index contributed by atoms with van der Waals surface area (Å²) in [5.74, 6) is 0. The molecule has 0 saturated carbocycles. The molecule has 0 aliphatic rings. The molecule has 6 heteroatoms. The van der Waals surface area contributed by atoms with Crippen molar-refractivity contribution >= 4 is 10.1 Å². The third-order valence-electron chi connectivity index (χ3n) is 4.28. The second-order valence-electron chi connectivity index (χ2n) is 6.51. The van der Waals surface area contributed by atoms with E-state index in [1.165, 1.54) is 45.4 Å². The van der Waals surface area contributed by atoms with Crippen molar-refractivity contribution in [1.29, 1.82) is 0 Å². The number of rotatable bonds is 15. The number of unbranched alkanes of at least 4 members (excludes halogenated alkanes) is 8. The van der Waals surface area contributed by atoms with Crippen molar-refractivity contribution in [2.45, 2.75) is 109 Å². The van der Waals surface area contributed by atoms with Crippen LogP contribution in [0, 0.1) is 0 Å². The molecule has 0 spiro atoms. The molecule has 2 atom stereocenters. The first-order valence-electron chi connectivity index (χ1n) is 9.00. The van der Waals surface area contributed by atoms with E-state index < -0.39 is 15.4 Å². The molecule has 0 aliphatic heterocycles. The van der Waals surface area contributed by atoms with E-state index in [4.69, 9.17) is 0 Å². The maximum absolute atomic E-state index is 10.7. The molecular formula is C17H35NaO4S. The number of aliphatic hydroxyl groups is 1. The van der Waals surface area contributed by atoms with Crippen molar-refractivity contribution in [3.05, 3.63) is 0 Å². The van der Waals surface area contributed by atoms with Gasteiger partial charge in [0.05, 0.1) is 16.2 Å². The van der Waals surface area contributed by atoms with Crippen LogP contribution in [0.15, 0.2) is 0 Å². The molecule has 4 nitrogen and oxygen atoms in total. The minimum absolute atomic E-state index is 0. The van der Waals surface area contributed by atoms with Crippen LogP contribution in [0.2, 0.25) is 0 Å². The molecule has 0 aliphatic carbocycles. The van der Waals surface area contributed by atoms with E-state index in [0.29, 0.717) is 6.42 Å². The Hall–Kier alpha value is 0.870. The molecule has 0 fully saturated rings. The van der Waals surface area contributed by atoms with Crippen LogP contribution in [0.1, 0.15) is 97.3 Å². The Kier molecular flexibility index (Phi) is 18.5. The van der Waals surface area contributed by atoms with E-state index in [-0.39, 0.29) is 35.7 Å². The quantitative estimate of drug-likeness (QED) is 0.272. The third kappa shape index (κ3) is 17.5. The first-order chi connectivity index (χ1) is 10.4. The fourth-order valence-corrected chi connectivity index (χ4v) is 3.07. The van der Waals surface area contributed by atoms with E-state index in [2.05, 4.69) is 6.92 Å². The van der Waals surface area contributed by atoms with E-state index in [0.717, 1.165) is 38.5 Å². The monoisotopic (exact) mass is 358 g/mol. The number of hydrogen-bond donors (Lipinski definition) is 1. The summed E-state index contributed by atoms with van der Waals surface area (Å²) in [5, 5.41) is 9.09.